The quantitative estimate of drug-likeness (QED) is 0.267. The molecule has 198 valence electrons. The number of hydrogen-bond acceptors (Lipinski definition) is 2. The van der Waals surface area contributed by atoms with Crippen LogP contribution in [0.3, 0.4) is 0 Å². The minimum Gasteiger partial charge on any atom is -0.349 e. The van der Waals surface area contributed by atoms with Crippen LogP contribution in [0.1, 0.15) is 61.0 Å². The first-order valence-corrected chi connectivity index (χ1v) is 13.9. The molecule has 3 unspecified atom stereocenters. The van der Waals surface area contributed by atoms with Gasteiger partial charge in [0.05, 0.1) is 23.6 Å². The number of carbonyl (C=O) groups excluding carboxylic acids is 1. The van der Waals surface area contributed by atoms with E-state index in [0.717, 1.165) is 49.0 Å². The predicted octanol–water partition coefficient (Wildman–Crippen LogP) is 7.25. The van der Waals surface area contributed by atoms with Crippen LogP contribution >= 0.6 is 0 Å². The minimum atomic E-state index is -0.246. The number of allylic oxidation sites excluding steroid dienone is 1. The lowest BCUT2D eigenvalue weighted by Gasteiger charge is -2.37. The standard InChI is InChI=1S/C34H34FN3O/c1-34-22-26-23-36-38(30-17-15-29(35)16-18-30)32(26)21-28(34)14-13-27(34)20-31(25-10-6-3-7-11-25)37-33(39)19-12-24-8-4-2-5-9-24/h2-11,15-18,21,23,27,31H,12-14,19-20,22H2,1H3,(H,37,39). The van der Waals surface area contributed by atoms with Gasteiger partial charge in [0, 0.05) is 6.42 Å². The van der Waals surface area contributed by atoms with Gasteiger partial charge >= 0.3 is 0 Å². The summed E-state index contributed by atoms with van der Waals surface area (Å²) >= 11 is 0. The smallest absolute Gasteiger partial charge is 0.220 e. The molecule has 2 aliphatic carbocycles. The van der Waals surface area contributed by atoms with Gasteiger partial charge in [-0.05, 0) is 90.5 Å². The van der Waals surface area contributed by atoms with E-state index in [1.54, 1.807) is 12.1 Å². The number of benzene rings is 3. The molecule has 1 heterocycles. The molecule has 1 fully saturated rings. The van der Waals surface area contributed by atoms with Gasteiger partial charge in [-0.25, -0.2) is 9.07 Å². The van der Waals surface area contributed by atoms with Crippen LogP contribution < -0.4 is 5.32 Å². The average molecular weight is 520 g/mol. The van der Waals surface area contributed by atoms with E-state index in [0.29, 0.717) is 12.3 Å². The van der Waals surface area contributed by atoms with Crippen molar-refractivity contribution in [3.63, 3.8) is 0 Å². The van der Waals surface area contributed by atoms with Gasteiger partial charge in [0.15, 0.2) is 0 Å². The average Bonchev–Trinajstić information content (AvgIpc) is 3.51. The number of rotatable bonds is 8. The molecule has 5 heteroatoms. The second kappa shape index (κ2) is 10.6. The fourth-order valence-corrected chi connectivity index (χ4v) is 6.52. The molecule has 0 saturated heterocycles. The van der Waals surface area contributed by atoms with Crippen molar-refractivity contribution in [2.45, 2.75) is 51.5 Å². The lowest BCUT2D eigenvalue weighted by atomic mass is 9.68. The highest BCUT2D eigenvalue weighted by Crippen LogP contribution is 2.55. The summed E-state index contributed by atoms with van der Waals surface area (Å²) in [4.78, 5) is 13.1. The number of hydrogen-bond donors (Lipinski definition) is 1. The van der Waals surface area contributed by atoms with Crippen LogP contribution in [0, 0.1) is 17.2 Å². The Morgan fingerprint density at radius 1 is 1.05 bits per heavy atom. The second-order valence-corrected chi connectivity index (χ2v) is 11.2. The highest BCUT2D eigenvalue weighted by atomic mass is 19.1. The maximum atomic E-state index is 13.5. The van der Waals surface area contributed by atoms with Crippen LogP contribution in [-0.2, 0) is 17.6 Å². The molecule has 4 aromatic rings. The summed E-state index contributed by atoms with van der Waals surface area (Å²) in [6.45, 7) is 2.38. The van der Waals surface area contributed by atoms with Crippen LogP contribution in [0.15, 0.2) is 96.7 Å². The molecular formula is C34H34FN3O. The number of fused-ring (bicyclic) bond motifs is 2. The molecule has 39 heavy (non-hydrogen) atoms. The Balaban J connectivity index is 1.21. The van der Waals surface area contributed by atoms with Gasteiger partial charge < -0.3 is 5.32 Å². The molecule has 0 spiro atoms. The number of nitrogens with zero attached hydrogens (tertiary/aromatic N) is 2. The molecule has 1 N–H and O–H groups in total. The molecule has 6 rings (SSSR count). The normalized spacial score (nSPS) is 20.6. The van der Waals surface area contributed by atoms with Crippen LogP contribution in [0.2, 0.25) is 0 Å². The molecule has 1 saturated carbocycles. The number of amides is 1. The molecular weight excluding hydrogens is 485 g/mol. The highest BCUT2D eigenvalue weighted by Gasteiger charge is 2.46. The molecule has 0 bridgehead atoms. The number of halogens is 1. The summed E-state index contributed by atoms with van der Waals surface area (Å²) in [5.41, 5.74) is 7.00. The topological polar surface area (TPSA) is 46.9 Å². The van der Waals surface area contributed by atoms with Crippen molar-refractivity contribution < 1.29 is 9.18 Å². The summed E-state index contributed by atoms with van der Waals surface area (Å²) in [6, 6.07) is 27.1. The molecule has 3 aromatic carbocycles. The van der Waals surface area contributed by atoms with E-state index in [9.17, 15) is 9.18 Å². The van der Waals surface area contributed by atoms with E-state index in [4.69, 9.17) is 0 Å². The van der Waals surface area contributed by atoms with E-state index in [-0.39, 0.29) is 23.2 Å². The summed E-state index contributed by atoms with van der Waals surface area (Å²) in [5.74, 6) is 0.285. The first kappa shape index (κ1) is 25.3. The molecule has 1 amide bonds. The third kappa shape index (κ3) is 5.18. The van der Waals surface area contributed by atoms with Gasteiger partial charge in [0.25, 0.3) is 0 Å². The van der Waals surface area contributed by atoms with Gasteiger partial charge in [-0.15, -0.1) is 0 Å². The minimum absolute atomic E-state index is 0.0193. The van der Waals surface area contributed by atoms with Crippen LogP contribution in [0.25, 0.3) is 11.8 Å². The second-order valence-electron chi connectivity index (χ2n) is 11.2. The Morgan fingerprint density at radius 2 is 1.77 bits per heavy atom. The molecule has 3 atom stereocenters. The highest BCUT2D eigenvalue weighted by molar-refractivity contribution is 5.76. The molecule has 2 aliphatic rings. The Labute approximate surface area is 229 Å². The lowest BCUT2D eigenvalue weighted by molar-refractivity contribution is -0.122. The van der Waals surface area contributed by atoms with E-state index >= 15 is 0 Å². The summed E-state index contributed by atoms with van der Waals surface area (Å²) in [6.07, 6.45) is 9.45. The van der Waals surface area contributed by atoms with E-state index in [1.807, 2.05) is 35.1 Å². The van der Waals surface area contributed by atoms with Crippen molar-refractivity contribution in [2.24, 2.45) is 11.3 Å². The monoisotopic (exact) mass is 519 g/mol. The zero-order valence-corrected chi connectivity index (χ0v) is 22.3. The van der Waals surface area contributed by atoms with E-state index in [1.165, 1.54) is 28.8 Å². The zero-order chi connectivity index (χ0) is 26.8. The Kier molecular flexibility index (Phi) is 6.90. The molecule has 0 aliphatic heterocycles. The SMILES string of the molecule is CC12Cc3cnn(-c4ccc(F)cc4)c3C=C1CCC2CC(NC(=O)CCc1ccccc1)c1ccccc1. The Bertz CT molecular complexity index is 1480. The fourth-order valence-electron chi connectivity index (χ4n) is 6.52. The number of nitrogens with one attached hydrogen (secondary N) is 1. The van der Waals surface area contributed by atoms with Crippen molar-refractivity contribution in [3.05, 3.63) is 125 Å². The van der Waals surface area contributed by atoms with Crippen molar-refractivity contribution in [1.29, 1.82) is 0 Å². The number of aromatic nitrogens is 2. The third-order valence-corrected chi connectivity index (χ3v) is 8.76. The van der Waals surface area contributed by atoms with Crippen molar-refractivity contribution in [3.8, 4) is 5.69 Å². The van der Waals surface area contributed by atoms with Crippen LogP contribution in [0.5, 0.6) is 0 Å². The first-order chi connectivity index (χ1) is 19.0. The molecule has 0 radical (unpaired) electrons. The van der Waals surface area contributed by atoms with Crippen molar-refractivity contribution in [1.82, 2.24) is 15.1 Å². The van der Waals surface area contributed by atoms with Crippen molar-refractivity contribution >= 4 is 12.0 Å². The fraction of sp³-hybridized carbons (Fsp3) is 0.294. The molecule has 4 nitrogen and oxygen atoms in total. The maximum absolute atomic E-state index is 13.5. The van der Waals surface area contributed by atoms with Gasteiger partial charge in [-0.1, -0.05) is 73.2 Å². The maximum Gasteiger partial charge on any atom is 0.220 e. The van der Waals surface area contributed by atoms with Gasteiger partial charge in [0.2, 0.25) is 5.91 Å². The molecule has 1 aromatic heterocycles. The van der Waals surface area contributed by atoms with Crippen LogP contribution in [0.4, 0.5) is 4.39 Å². The Hall–Kier alpha value is -3.99. The zero-order valence-electron chi connectivity index (χ0n) is 22.3. The van der Waals surface area contributed by atoms with E-state index < -0.39 is 0 Å². The third-order valence-electron chi connectivity index (χ3n) is 8.76. The predicted molar refractivity (Wildman–Crippen MR) is 153 cm³/mol. The largest absolute Gasteiger partial charge is 0.349 e. The van der Waals surface area contributed by atoms with Gasteiger partial charge in [-0.2, -0.15) is 5.10 Å². The van der Waals surface area contributed by atoms with E-state index in [2.05, 4.69) is 59.8 Å². The lowest BCUT2D eigenvalue weighted by Crippen LogP contribution is -2.35. The van der Waals surface area contributed by atoms with Gasteiger partial charge in [0.1, 0.15) is 5.82 Å². The summed E-state index contributed by atoms with van der Waals surface area (Å²) < 4.78 is 15.4. The van der Waals surface area contributed by atoms with Gasteiger partial charge in [-0.3, -0.25) is 4.79 Å². The summed E-state index contributed by atoms with van der Waals surface area (Å²) in [5, 5.41) is 8.05. The Morgan fingerprint density at radius 3 is 2.51 bits per heavy atom. The first-order valence-electron chi connectivity index (χ1n) is 13.9. The summed E-state index contributed by atoms with van der Waals surface area (Å²) in [7, 11) is 0. The number of carbonyl (C=O) groups is 1. The van der Waals surface area contributed by atoms with Crippen molar-refractivity contribution in [2.75, 3.05) is 0 Å². The van der Waals surface area contributed by atoms with Crippen LogP contribution in [-0.4, -0.2) is 15.7 Å². The number of aryl methyl sites for hydroxylation is 1.